The van der Waals surface area contributed by atoms with Crippen molar-refractivity contribution in [2.24, 2.45) is 10.2 Å². The van der Waals surface area contributed by atoms with Crippen molar-refractivity contribution in [2.45, 2.75) is 36.7 Å². The standard InChI is InChI=1S/C18H16N4O6S4/c1-3-21-13-7-5-11(31-28-27-23)9-15(13)29-17(21)19-20-18-22(4-2)14-8-6-12(32(24,25)26)10-16(14)30-18/h5-10H,3-4H2,1-2H3. The topological polar surface area (TPSA) is 129 Å². The highest BCUT2D eigenvalue weighted by Crippen LogP contribution is 2.26. The van der Waals surface area contributed by atoms with Gasteiger partial charge in [-0.2, -0.15) is 0 Å². The van der Waals surface area contributed by atoms with E-state index < -0.39 is 10.1 Å². The van der Waals surface area contributed by atoms with Gasteiger partial charge in [-0.15, -0.1) is 10.2 Å². The number of nitrogens with zero attached hydrogens (tertiary/aromatic N) is 4. The number of thiazole rings is 2. The summed E-state index contributed by atoms with van der Waals surface area (Å²) >= 11 is 3.51. The van der Waals surface area contributed by atoms with Crippen molar-refractivity contribution in [2.75, 3.05) is 0 Å². The van der Waals surface area contributed by atoms with Crippen LogP contribution in [0.25, 0.3) is 20.4 Å². The van der Waals surface area contributed by atoms with Crippen LogP contribution in [0.5, 0.6) is 0 Å². The van der Waals surface area contributed by atoms with Gasteiger partial charge in [-0.05, 0) is 50.2 Å². The Kier molecular flexibility index (Phi) is 6.48. The van der Waals surface area contributed by atoms with Gasteiger partial charge >= 0.3 is 4.75 Å². The molecular formula is C18H16N4O6S4. The van der Waals surface area contributed by atoms with Crippen molar-refractivity contribution in [1.82, 2.24) is 9.13 Å². The molecule has 0 amide bonds. The molecule has 0 aliphatic heterocycles. The molecule has 0 spiro atoms. The predicted molar refractivity (Wildman–Crippen MR) is 124 cm³/mol. The summed E-state index contributed by atoms with van der Waals surface area (Å²) in [5.41, 5.74) is 1.74. The predicted octanol–water partition coefficient (Wildman–Crippen LogP) is 3.63. The number of hydrogen-bond donors (Lipinski definition) is 0. The molecule has 0 aliphatic carbocycles. The molecule has 2 heterocycles. The van der Waals surface area contributed by atoms with Gasteiger partial charge in [0.25, 0.3) is 4.96 Å². The van der Waals surface area contributed by atoms with E-state index in [2.05, 4.69) is 19.3 Å². The van der Waals surface area contributed by atoms with E-state index in [1.807, 2.05) is 41.2 Å². The van der Waals surface area contributed by atoms with Crippen LogP contribution in [0, 0.1) is 9.71 Å². The van der Waals surface area contributed by atoms with Crippen molar-refractivity contribution in [3.63, 3.8) is 0 Å². The van der Waals surface area contributed by atoms with Crippen LogP contribution in [0.4, 0.5) is 0 Å². The summed E-state index contributed by atoms with van der Waals surface area (Å²) in [4.78, 5) is 11.8. The minimum absolute atomic E-state index is 0.272. The highest BCUT2D eigenvalue weighted by molar-refractivity contribution is 7.94. The van der Waals surface area contributed by atoms with Crippen LogP contribution in [-0.2, 0) is 27.5 Å². The number of aromatic nitrogens is 2. The molecule has 10 nitrogen and oxygen atoms in total. The first-order chi connectivity index (χ1) is 15.4. The summed E-state index contributed by atoms with van der Waals surface area (Å²) in [6, 6.07) is 9.86. The zero-order chi connectivity index (χ0) is 22.9. The zero-order valence-corrected chi connectivity index (χ0v) is 20.0. The summed E-state index contributed by atoms with van der Waals surface area (Å²) in [6.45, 7) is 5.22. The second kappa shape index (κ2) is 9.15. The first-order valence-corrected chi connectivity index (χ1v) is 13.1. The van der Waals surface area contributed by atoms with E-state index in [0.717, 1.165) is 27.8 Å². The van der Waals surface area contributed by atoms with Crippen molar-refractivity contribution < 1.29 is 17.3 Å². The summed E-state index contributed by atoms with van der Waals surface area (Å²) in [6.07, 6.45) is 0. The fraction of sp³-hybridized carbons (Fsp3) is 0.222. The molecule has 168 valence electrons. The van der Waals surface area contributed by atoms with Crippen LogP contribution in [0.3, 0.4) is 0 Å². The molecule has 4 aromatic rings. The number of rotatable bonds is 7. The highest BCUT2D eigenvalue weighted by Gasteiger charge is 2.11. The SMILES string of the molecule is CCn1c(=NN=c2sc3cc(S(=O)(=O)[O-])ccc3n2CC)sc2cc(SO[O+]=O)ccc21. The van der Waals surface area contributed by atoms with Crippen LogP contribution < -0.4 is 9.60 Å². The van der Waals surface area contributed by atoms with Gasteiger partial charge < -0.3 is 13.7 Å². The van der Waals surface area contributed by atoms with E-state index in [1.54, 1.807) is 6.07 Å². The average molecular weight is 513 g/mol. The average Bonchev–Trinajstić information content (AvgIpc) is 3.31. The second-order valence-corrected chi connectivity index (χ2v) is 10.6. The Hall–Kier alpha value is -2.52. The van der Waals surface area contributed by atoms with E-state index in [-0.39, 0.29) is 4.90 Å². The molecule has 4 rings (SSSR count). The first kappa shape index (κ1) is 22.7. The Morgan fingerprint density at radius 3 is 2.09 bits per heavy atom. The maximum absolute atomic E-state index is 11.4. The van der Waals surface area contributed by atoms with Crippen LogP contribution in [0.15, 0.2) is 56.4 Å². The summed E-state index contributed by atoms with van der Waals surface area (Å²) in [7, 11) is -4.54. The van der Waals surface area contributed by atoms with Gasteiger partial charge in [0.05, 0.1) is 30.2 Å². The minimum Gasteiger partial charge on any atom is -0.744 e. The first-order valence-electron chi connectivity index (χ1n) is 9.29. The lowest BCUT2D eigenvalue weighted by Crippen LogP contribution is -2.16. The Bertz CT molecular complexity index is 1560. The van der Waals surface area contributed by atoms with Gasteiger partial charge in [-0.1, -0.05) is 22.7 Å². The quantitative estimate of drug-likeness (QED) is 0.122. The lowest BCUT2D eigenvalue weighted by molar-refractivity contribution is 0.463. The van der Waals surface area contributed by atoms with Gasteiger partial charge in [0.15, 0.2) is 0 Å². The maximum atomic E-state index is 11.4. The largest absolute Gasteiger partial charge is 0.744 e. The number of aryl methyl sites for hydroxylation is 2. The van der Waals surface area contributed by atoms with Crippen molar-refractivity contribution >= 4 is 65.3 Å². The molecule has 0 radical (unpaired) electrons. The Morgan fingerprint density at radius 2 is 1.56 bits per heavy atom. The number of fused-ring (bicyclic) bond motifs is 2. The van der Waals surface area contributed by atoms with E-state index in [9.17, 15) is 17.9 Å². The summed E-state index contributed by atoms with van der Waals surface area (Å²) < 4.78 is 47.3. The summed E-state index contributed by atoms with van der Waals surface area (Å²) in [5, 5.41) is 8.88. The zero-order valence-electron chi connectivity index (χ0n) is 16.7. The molecule has 0 saturated heterocycles. The van der Waals surface area contributed by atoms with Gasteiger partial charge in [-0.25, -0.2) is 8.42 Å². The third-order valence-electron chi connectivity index (χ3n) is 4.61. The third kappa shape index (κ3) is 4.36. The fourth-order valence-corrected chi connectivity index (χ4v) is 6.43. The van der Waals surface area contributed by atoms with Crippen LogP contribution in [-0.4, -0.2) is 22.1 Å². The van der Waals surface area contributed by atoms with E-state index in [0.29, 0.717) is 32.3 Å². The van der Waals surface area contributed by atoms with Gasteiger partial charge in [0.2, 0.25) is 21.6 Å². The normalized spacial score (nSPS) is 13.3. The Morgan fingerprint density at radius 1 is 1.00 bits per heavy atom. The second-order valence-electron chi connectivity index (χ2n) is 6.39. The monoisotopic (exact) mass is 512 g/mol. The fourth-order valence-electron chi connectivity index (χ4n) is 3.22. The highest BCUT2D eigenvalue weighted by atomic mass is 32.2. The third-order valence-corrected chi connectivity index (χ3v) is 8.07. The molecule has 2 aromatic carbocycles. The van der Waals surface area contributed by atoms with Gasteiger partial charge in [0.1, 0.15) is 10.1 Å². The molecule has 0 unspecified atom stereocenters. The summed E-state index contributed by atoms with van der Waals surface area (Å²) in [5.74, 6) is 0. The molecule has 0 N–H and O–H groups in total. The molecule has 0 atom stereocenters. The van der Waals surface area contributed by atoms with Crippen molar-refractivity contribution in [1.29, 1.82) is 0 Å². The molecule has 32 heavy (non-hydrogen) atoms. The molecular weight excluding hydrogens is 496 g/mol. The molecule has 0 saturated carbocycles. The van der Waals surface area contributed by atoms with E-state index in [1.165, 1.54) is 34.8 Å². The lowest BCUT2D eigenvalue weighted by atomic mass is 10.3. The smallest absolute Gasteiger partial charge is 0.391 e. The minimum atomic E-state index is -4.54. The van der Waals surface area contributed by atoms with Crippen molar-refractivity contribution in [3.05, 3.63) is 55.7 Å². The van der Waals surface area contributed by atoms with E-state index >= 15 is 0 Å². The Labute approximate surface area is 193 Å². The maximum Gasteiger partial charge on any atom is 0.391 e. The van der Waals surface area contributed by atoms with Gasteiger partial charge in [-0.3, -0.25) is 0 Å². The Balaban J connectivity index is 1.86. The van der Waals surface area contributed by atoms with Crippen LogP contribution in [0.2, 0.25) is 0 Å². The van der Waals surface area contributed by atoms with Crippen LogP contribution in [0.1, 0.15) is 13.8 Å². The number of hydrogen-bond acceptors (Lipinski definition) is 10. The molecule has 0 aliphatic rings. The molecule has 2 aromatic heterocycles. The molecule has 0 fully saturated rings. The molecule has 14 heteroatoms. The van der Waals surface area contributed by atoms with E-state index in [4.69, 9.17) is 0 Å². The van der Waals surface area contributed by atoms with Crippen molar-refractivity contribution in [3.8, 4) is 0 Å². The molecule has 0 bridgehead atoms. The van der Waals surface area contributed by atoms with Crippen LogP contribution >= 0.6 is 34.7 Å². The lowest BCUT2D eigenvalue weighted by Gasteiger charge is -2.06. The number of benzene rings is 2. The van der Waals surface area contributed by atoms with Gasteiger partial charge in [0, 0.05) is 17.4 Å².